The van der Waals surface area contributed by atoms with Gasteiger partial charge in [0.05, 0.1) is 12.8 Å². The van der Waals surface area contributed by atoms with Gasteiger partial charge in [-0.25, -0.2) is 18.2 Å². The van der Waals surface area contributed by atoms with Crippen LogP contribution in [0.2, 0.25) is 0 Å². The summed E-state index contributed by atoms with van der Waals surface area (Å²) in [5, 5.41) is 13.1. The summed E-state index contributed by atoms with van der Waals surface area (Å²) >= 11 is 0. The van der Waals surface area contributed by atoms with Gasteiger partial charge in [-0.3, -0.25) is 10.1 Å². The number of sulfone groups is 1. The van der Waals surface area contributed by atoms with Crippen molar-refractivity contribution in [2.75, 3.05) is 24.7 Å². The molecule has 0 radical (unpaired) electrons. The highest BCUT2D eigenvalue weighted by molar-refractivity contribution is 7.91. The fraction of sp³-hybridized carbons (Fsp3) is 0.214. The standard InChI is InChI=1S/C14H14F2N6O5S/c1-17-12(23)10-7(6-9(21-22-10)20-14(24)27-2)19-11-8(4-3-5-18-11)28(25,26)13(15)16/h3-6,13H,1-2H3,(H,17,23)(H2,18,19,20,21,24)/i1D3. The number of methoxy groups -OCH3 is 1. The molecule has 2 aromatic rings. The zero-order valence-corrected chi connectivity index (χ0v) is 14.8. The summed E-state index contributed by atoms with van der Waals surface area (Å²) in [4.78, 5) is 26.4. The van der Waals surface area contributed by atoms with E-state index in [1.165, 1.54) is 0 Å². The Labute approximate surface area is 161 Å². The second-order valence-electron chi connectivity index (χ2n) is 4.84. The van der Waals surface area contributed by atoms with Crippen LogP contribution < -0.4 is 16.0 Å². The smallest absolute Gasteiger partial charge is 0.412 e. The molecular weight excluding hydrogens is 402 g/mol. The van der Waals surface area contributed by atoms with Gasteiger partial charge < -0.3 is 15.4 Å². The Bertz CT molecular complexity index is 1100. The number of rotatable bonds is 6. The number of pyridine rings is 1. The highest BCUT2D eigenvalue weighted by Crippen LogP contribution is 2.28. The van der Waals surface area contributed by atoms with Gasteiger partial charge in [-0.15, -0.1) is 10.2 Å². The van der Waals surface area contributed by atoms with Crippen LogP contribution in [0.5, 0.6) is 0 Å². The molecule has 11 nitrogen and oxygen atoms in total. The highest BCUT2D eigenvalue weighted by Gasteiger charge is 2.30. The zero-order chi connectivity index (χ0) is 23.4. The van der Waals surface area contributed by atoms with Crippen LogP contribution in [0.4, 0.5) is 30.9 Å². The monoisotopic (exact) mass is 419 g/mol. The summed E-state index contributed by atoms with van der Waals surface area (Å²) in [7, 11) is -4.05. The Hall–Kier alpha value is -3.42. The number of aromatic nitrogens is 3. The number of halogens is 2. The van der Waals surface area contributed by atoms with E-state index in [0.717, 1.165) is 31.5 Å². The van der Waals surface area contributed by atoms with Crippen molar-refractivity contribution >= 4 is 39.2 Å². The number of carbonyl (C=O) groups is 2. The first-order chi connectivity index (χ1) is 14.3. The van der Waals surface area contributed by atoms with E-state index >= 15 is 0 Å². The van der Waals surface area contributed by atoms with Crippen molar-refractivity contribution in [1.82, 2.24) is 20.5 Å². The van der Waals surface area contributed by atoms with Gasteiger partial charge in [0.15, 0.2) is 11.5 Å². The van der Waals surface area contributed by atoms with Gasteiger partial charge in [0, 0.05) is 23.4 Å². The summed E-state index contributed by atoms with van der Waals surface area (Å²) in [6.07, 6.45) is 0.107. The third-order valence-corrected chi connectivity index (χ3v) is 4.51. The highest BCUT2D eigenvalue weighted by atomic mass is 32.2. The Kier molecular flexibility index (Phi) is 5.09. The molecule has 3 N–H and O–H groups in total. The van der Waals surface area contributed by atoms with Crippen LogP contribution in [0.3, 0.4) is 0 Å². The van der Waals surface area contributed by atoms with Crippen LogP contribution in [-0.4, -0.2) is 55.4 Å². The molecule has 28 heavy (non-hydrogen) atoms. The number of nitrogens with zero attached hydrogens (tertiary/aromatic N) is 3. The van der Waals surface area contributed by atoms with E-state index in [2.05, 4.69) is 30.6 Å². The molecule has 14 heteroatoms. The van der Waals surface area contributed by atoms with Crippen molar-refractivity contribution in [3.05, 3.63) is 30.1 Å². The maximum Gasteiger partial charge on any atom is 0.412 e. The lowest BCUT2D eigenvalue weighted by Crippen LogP contribution is -2.22. The molecule has 0 aromatic carbocycles. The Morgan fingerprint density at radius 2 is 2.07 bits per heavy atom. The van der Waals surface area contributed by atoms with E-state index in [0.29, 0.717) is 0 Å². The SMILES string of the molecule is [2H]C([2H])([2H])NC(=O)c1nnc(NC(=O)OC)cc1Nc1ncccc1S(=O)(=O)C(F)F. The average Bonchev–Trinajstić information content (AvgIpc) is 2.66. The molecule has 0 aliphatic heterocycles. The maximum absolute atomic E-state index is 13.0. The van der Waals surface area contributed by atoms with Crippen LogP contribution in [0, 0.1) is 0 Å². The van der Waals surface area contributed by atoms with E-state index in [9.17, 15) is 26.8 Å². The van der Waals surface area contributed by atoms with E-state index in [1.807, 2.05) is 0 Å². The molecule has 2 amide bonds. The fourth-order valence-corrected chi connectivity index (χ4v) is 2.70. The minimum absolute atomic E-state index is 0.297. The van der Waals surface area contributed by atoms with E-state index in [4.69, 9.17) is 4.11 Å². The van der Waals surface area contributed by atoms with Gasteiger partial charge in [-0.1, -0.05) is 0 Å². The third kappa shape index (κ3) is 4.46. The van der Waals surface area contributed by atoms with Crippen LogP contribution >= 0.6 is 0 Å². The molecule has 0 fully saturated rings. The van der Waals surface area contributed by atoms with Gasteiger partial charge in [0.25, 0.3) is 5.91 Å². The quantitative estimate of drug-likeness (QED) is 0.626. The second kappa shape index (κ2) is 8.51. The zero-order valence-electron chi connectivity index (χ0n) is 16.9. The largest absolute Gasteiger partial charge is 0.453 e. The van der Waals surface area contributed by atoms with Crippen molar-refractivity contribution in [3.8, 4) is 0 Å². The first kappa shape index (κ1) is 16.7. The topological polar surface area (TPSA) is 152 Å². The minimum Gasteiger partial charge on any atom is -0.453 e. The molecular formula is C14H14F2N6O5S. The lowest BCUT2D eigenvalue weighted by atomic mass is 10.3. The lowest BCUT2D eigenvalue weighted by molar-refractivity contribution is 0.0958. The number of ether oxygens (including phenoxy) is 1. The molecule has 2 heterocycles. The molecule has 0 aliphatic carbocycles. The number of alkyl halides is 2. The van der Waals surface area contributed by atoms with Crippen LogP contribution in [0.1, 0.15) is 14.6 Å². The first-order valence-corrected chi connectivity index (χ1v) is 8.69. The summed E-state index contributed by atoms with van der Waals surface area (Å²) in [5.74, 6) is -5.92. The predicted octanol–water partition coefficient (Wildman–Crippen LogP) is 1.15. The van der Waals surface area contributed by atoms with Crippen molar-refractivity contribution in [1.29, 1.82) is 0 Å². The van der Waals surface area contributed by atoms with Crippen LogP contribution in [0.25, 0.3) is 0 Å². The number of hydrogen-bond donors (Lipinski definition) is 3. The molecule has 0 spiro atoms. The summed E-state index contributed by atoms with van der Waals surface area (Å²) in [6, 6.07) is 2.91. The second-order valence-corrected chi connectivity index (χ2v) is 6.73. The molecule has 0 aliphatic rings. The van der Waals surface area contributed by atoms with Gasteiger partial charge in [0.2, 0.25) is 9.84 Å². The predicted molar refractivity (Wildman–Crippen MR) is 92.2 cm³/mol. The van der Waals surface area contributed by atoms with E-state index < -0.39 is 56.7 Å². The molecule has 2 rings (SSSR count). The normalized spacial score (nSPS) is 13.1. The molecule has 0 saturated heterocycles. The maximum atomic E-state index is 13.0. The average molecular weight is 419 g/mol. The molecule has 0 atom stereocenters. The molecule has 0 bridgehead atoms. The number of hydrogen-bond acceptors (Lipinski definition) is 9. The molecule has 150 valence electrons. The molecule has 2 aromatic heterocycles. The summed E-state index contributed by atoms with van der Waals surface area (Å²) < 4.78 is 75.5. The van der Waals surface area contributed by atoms with Crippen molar-refractivity contribution in [2.24, 2.45) is 0 Å². The number of amides is 2. The van der Waals surface area contributed by atoms with Crippen molar-refractivity contribution in [2.45, 2.75) is 10.7 Å². The first-order valence-electron chi connectivity index (χ1n) is 8.64. The summed E-state index contributed by atoms with van der Waals surface area (Å²) in [6.45, 7) is -2.91. The molecule has 0 saturated carbocycles. The number of carbonyl (C=O) groups excluding carboxylic acids is 2. The lowest BCUT2D eigenvalue weighted by Gasteiger charge is -2.14. The number of anilines is 3. The van der Waals surface area contributed by atoms with Crippen molar-refractivity contribution < 1.29 is 35.6 Å². The van der Waals surface area contributed by atoms with Gasteiger partial charge in [-0.05, 0) is 12.1 Å². The van der Waals surface area contributed by atoms with Gasteiger partial charge >= 0.3 is 11.9 Å². The Morgan fingerprint density at radius 3 is 2.71 bits per heavy atom. The Balaban J connectivity index is 2.57. The van der Waals surface area contributed by atoms with Gasteiger partial charge in [0.1, 0.15) is 10.7 Å². The van der Waals surface area contributed by atoms with Gasteiger partial charge in [-0.2, -0.15) is 8.78 Å². The van der Waals surface area contributed by atoms with E-state index in [-0.39, 0.29) is 5.82 Å². The number of nitrogens with one attached hydrogen (secondary N) is 3. The summed E-state index contributed by atoms with van der Waals surface area (Å²) in [5.41, 5.74) is -1.05. The third-order valence-electron chi connectivity index (χ3n) is 3.10. The van der Waals surface area contributed by atoms with Crippen molar-refractivity contribution in [3.63, 3.8) is 0 Å². The molecule has 0 unspecified atom stereocenters. The Morgan fingerprint density at radius 1 is 1.32 bits per heavy atom. The van der Waals surface area contributed by atoms with Crippen LogP contribution in [-0.2, 0) is 14.6 Å². The minimum atomic E-state index is -5.10. The van der Waals surface area contributed by atoms with Crippen LogP contribution in [0.15, 0.2) is 29.3 Å². The fourth-order valence-electron chi connectivity index (χ4n) is 1.87. The van der Waals surface area contributed by atoms with E-state index in [1.54, 1.807) is 5.32 Å².